The van der Waals surface area contributed by atoms with Crippen molar-refractivity contribution in [3.05, 3.63) is 47.7 Å². The van der Waals surface area contributed by atoms with Gasteiger partial charge in [-0.2, -0.15) is 0 Å². The van der Waals surface area contributed by atoms with Gasteiger partial charge in [-0.05, 0) is 45.2 Å². The molecule has 0 saturated carbocycles. The molecule has 0 spiro atoms. The smallest absolute Gasteiger partial charge is 0.165 e. The summed E-state index contributed by atoms with van der Waals surface area (Å²) in [4.78, 5) is 6.04. The Bertz CT molecular complexity index is 650. The number of nitrogens with zero attached hydrogens (tertiary/aromatic N) is 2. The number of hydrogen-bond acceptors (Lipinski definition) is 5. The molecule has 136 valence electrons. The molecule has 0 N–H and O–H groups in total. The number of likely N-dealkylation sites (N-methyl/N-ethyl adjacent to an activating group) is 1. The molecule has 1 unspecified atom stereocenters. The molecule has 1 aliphatic rings. The lowest BCUT2D eigenvalue weighted by Crippen LogP contribution is -2.46. The topological polar surface area (TPSA) is 28.9 Å². The summed E-state index contributed by atoms with van der Waals surface area (Å²) in [5.74, 6) is 1.02. The monoisotopic (exact) mass is 360 g/mol. The van der Waals surface area contributed by atoms with E-state index in [1.54, 1.807) is 11.8 Å². The standard InChI is InChI=1S/C20H28N2O2S/c1-16-4-7-19(8-5-16)25-20-9-6-18(24-20)15-21(3)14-17(2)22-10-12-23-13-11-22/h4-9,17H,10-15H2,1-3H3. The quantitative estimate of drug-likeness (QED) is 0.747. The SMILES string of the molecule is Cc1ccc(Sc2ccc(CN(C)CC(C)N3CCOCC3)o2)cc1. The van der Waals surface area contributed by atoms with Gasteiger partial charge in [-0.25, -0.2) is 0 Å². The Hall–Kier alpha value is -1.27. The van der Waals surface area contributed by atoms with Crippen molar-refractivity contribution in [2.75, 3.05) is 39.9 Å². The lowest BCUT2D eigenvalue weighted by molar-refractivity contribution is 0.0133. The molecule has 2 aromatic rings. The lowest BCUT2D eigenvalue weighted by Gasteiger charge is -2.34. The lowest BCUT2D eigenvalue weighted by atomic mass is 10.2. The van der Waals surface area contributed by atoms with Crippen LogP contribution in [-0.4, -0.2) is 55.7 Å². The van der Waals surface area contributed by atoms with Crippen LogP contribution in [0.2, 0.25) is 0 Å². The maximum absolute atomic E-state index is 6.00. The van der Waals surface area contributed by atoms with Crippen LogP contribution < -0.4 is 0 Å². The van der Waals surface area contributed by atoms with Gasteiger partial charge >= 0.3 is 0 Å². The number of morpholine rings is 1. The van der Waals surface area contributed by atoms with E-state index in [0.717, 1.165) is 50.2 Å². The minimum absolute atomic E-state index is 0.533. The third-order valence-corrected chi connectivity index (χ3v) is 5.48. The molecule has 5 heteroatoms. The molecule has 3 rings (SSSR count). The summed E-state index contributed by atoms with van der Waals surface area (Å²) < 4.78 is 11.4. The van der Waals surface area contributed by atoms with Gasteiger partial charge in [0, 0.05) is 30.6 Å². The molecule has 0 aliphatic carbocycles. The van der Waals surface area contributed by atoms with Crippen LogP contribution in [0.5, 0.6) is 0 Å². The molecule has 1 atom stereocenters. The molecular formula is C20H28N2O2S. The van der Waals surface area contributed by atoms with Gasteiger partial charge in [-0.1, -0.05) is 29.5 Å². The molecule has 0 amide bonds. The van der Waals surface area contributed by atoms with Crippen molar-refractivity contribution >= 4 is 11.8 Å². The van der Waals surface area contributed by atoms with Gasteiger partial charge in [0.25, 0.3) is 0 Å². The third-order valence-electron chi connectivity index (χ3n) is 4.55. The van der Waals surface area contributed by atoms with Crippen molar-refractivity contribution in [2.24, 2.45) is 0 Å². The number of benzene rings is 1. The van der Waals surface area contributed by atoms with E-state index in [4.69, 9.17) is 9.15 Å². The van der Waals surface area contributed by atoms with E-state index in [2.05, 4.69) is 67.1 Å². The first-order valence-electron chi connectivity index (χ1n) is 8.94. The Morgan fingerprint density at radius 1 is 1.12 bits per heavy atom. The first kappa shape index (κ1) is 18.5. The normalized spacial score (nSPS) is 17.1. The second-order valence-corrected chi connectivity index (χ2v) is 7.91. The number of aryl methyl sites for hydroxylation is 1. The largest absolute Gasteiger partial charge is 0.453 e. The summed E-state index contributed by atoms with van der Waals surface area (Å²) in [6.45, 7) is 10.0. The van der Waals surface area contributed by atoms with Crippen LogP contribution >= 0.6 is 11.8 Å². The molecule has 1 aromatic heterocycles. The van der Waals surface area contributed by atoms with E-state index in [-0.39, 0.29) is 0 Å². The van der Waals surface area contributed by atoms with E-state index < -0.39 is 0 Å². The zero-order valence-corrected chi connectivity index (χ0v) is 16.2. The van der Waals surface area contributed by atoms with Gasteiger partial charge in [0.1, 0.15) is 5.76 Å². The molecular weight excluding hydrogens is 332 g/mol. The van der Waals surface area contributed by atoms with Gasteiger partial charge in [0.2, 0.25) is 0 Å². The van der Waals surface area contributed by atoms with Crippen molar-refractivity contribution < 1.29 is 9.15 Å². The molecule has 2 heterocycles. The number of hydrogen-bond donors (Lipinski definition) is 0. The van der Waals surface area contributed by atoms with Gasteiger partial charge in [0.05, 0.1) is 19.8 Å². The highest BCUT2D eigenvalue weighted by molar-refractivity contribution is 7.99. The highest BCUT2D eigenvalue weighted by Crippen LogP contribution is 2.29. The Morgan fingerprint density at radius 2 is 1.84 bits per heavy atom. The molecule has 1 aliphatic heterocycles. The highest BCUT2D eigenvalue weighted by atomic mass is 32.2. The van der Waals surface area contributed by atoms with E-state index in [1.807, 2.05) is 0 Å². The maximum atomic E-state index is 6.00. The molecule has 4 nitrogen and oxygen atoms in total. The van der Waals surface area contributed by atoms with E-state index >= 15 is 0 Å². The summed E-state index contributed by atoms with van der Waals surface area (Å²) in [5.41, 5.74) is 1.28. The predicted molar refractivity (Wildman–Crippen MR) is 102 cm³/mol. The van der Waals surface area contributed by atoms with Crippen LogP contribution in [0.4, 0.5) is 0 Å². The molecule has 0 radical (unpaired) electrons. The van der Waals surface area contributed by atoms with Crippen LogP contribution in [0.15, 0.2) is 50.8 Å². The maximum Gasteiger partial charge on any atom is 0.165 e. The van der Waals surface area contributed by atoms with Crippen molar-refractivity contribution in [3.8, 4) is 0 Å². The average molecular weight is 361 g/mol. The second-order valence-electron chi connectivity index (χ2n) is 6.83. The van der Waals surface area contributed by atoms with Crippen LogP contribution in [-0.2, 0) is 11.3 Å². The summed E-state index contributed by atoms with van der Waals surface area (Å²) in [6, 6.07) is 13.2. The number of rotatable bonds is 7. The Kier molecular flexibility index (Phi) is 6.59. The Morgan fingerprint density at radius 3 is 2.56 bits per heavy atom. The minimum Gasteiger partial charge on any atom is -0.453 e. The highest BCUT2D eigenvalue weighted by Gasteiger charge is 2.18. The molecule has 25 heavy (non-hydrogen) atoms. The zero-order chi connectivity index (χ0) is 17.6. The fourth-order valence-corrected chi connectivity index (χ4v) is 3.93. The van der Waals surface area contributed by atoms with Gasteiger partial charge in [0.15, 0.2) is 5.09 Å². The first-order chi connectivity index (χ1) is 12.1. The molecule has 1 aromatic carbocycles. The third kappa shape index (κ3) is 5.61. The zero-order valence-electron chi connectivity index (χ0n) is 15.4. The fourth-order valence-electron chi connectivity index (χ4n) is 3.14. The molecule has 1 fully saturated rings. The van der Waals surface area contributed by atoms with Crippen LogP contribution in [0.1, 0.15) is 18.2 Å². The van der Waals surface area contributed by atoms with Gasteiger partial charge < -0.3 is 9.15 Å². The van der Waals surface area contributed by atoms with Crippen molar-refractivity contribution in [2.45, 2.75) is 36.4 Å². The van der Waals surface area contributed by atoms with Crippen LogP contribution in [0, 0.1) is 6.92 Å². The van der Waals surface area contributed by atoms with Crippen LogP contribution in [0.3, 0.4) is 0 Å². The molecule has 1 saturated heterocycles. The average Bonchev–Trinajstić information content (AvgIpc) is 3.04. The van der Waals surface area contributed by atoms with Crippen molar-refractivity contribution in [3.63, 3.8) is 0 Å². The van der Waals surface area contributed by atoms with E-state index in [9.17, 15) is 0 Å². The van der Waals surface area contributed by atoms with Crippen LogP contribution in [0.25, 0.3) is 0 Å². The van der Waals surface area contributed by atoms with E-state index in [1.165, 1.54) is 10.5 Å². The number of ether oxygens (including phenoxy) is 1. The van der Waals surface area contributed by atoms with Crippen molar-refractivity contribution in [1.82, 2.24) is 9.80 Å². The second kappa shape index (κ2) is 8.90. The molecule has 0 bridgehead atoms. The minimum atomic E-state index is 0.533. The van der Waals surface area contributed by atoms with Gasteiger partial charge in [-0.15, -0.1) is 0 Å². The van der Waals surface area contributed by atoms with Gasteiger partial charge in [-0.3, -0.25) is 9.80 Å². The number of furan rings is 1. The Balaban J connectivity index is 1.49. The summed E-state index contributed by atoms with van der Waals surface area (Å²) in [7, 11) is 2.16. The fraction of sp³-hybridized carbons (Fsp3) is 0.500. The summed E-state index contributed by atoms with van der Waals surface area (Å²) in [5, 5.41) is 0.952. The van der Waals surface area contributed by atoms with E-state index in [0.29, 0.717) is 6.04 Å². The summed E-state index contributed by atoms with van der Waals surface area (Å²) >= 11 is 1.67. The first-order valence-corrected chi connectivity index (χ1v) is 9.75. The Labute approximate surface area is 155 Å². The summed E-state index contributed by atoms with van der Waals surface area (Å²) in [6.07, 6.45) is 0. The predicted octanol–water partition coefficient (Wildman–Crippen LogP) is 3.89. The van der Waals surface area contributed by atoms with Crippen molar-refractivity contribution in [1.29, 1.82) is 0 Å².